The minimum atomic E-state index is -0.367. The normalized spacial score (nSPS) is 12.4. The van der Waals surface area contributed by atoms with Crippen LogP contribution in [0, 0.1) is 11.3 Å². The Morgan fingerprint density at radius 3 is 2.32 bits per heavy atom. The highest BCUT2D eigenvalue weighted by atomic mass is 16.2. The number of benzene rings is 2. The number of anilines is 2. The summed E-state index contributed by atoms with van der Waals surface area (Å²) in [6.45, 7) is 0. The zero-order valence-electron chi connectivity index (χ0n) is 11.7. The number of rotatable bonds is 2. The van der Waals surface area contributed by atoms with Crippen LogP contribution < -0.4 is 10.6 Å². The van der Waals surface area contributed by atoms with Gasteiger partial charge in [-0.3, -0.25) is 4.79 Å². The second kappa shape index (κ2) is 5.70. The Hall–Kier alpha value is -3.13. The summed E-state index contributed by atoms with van der Waals surface area (Å²) in [5, 5.41) is 14.2. The third kappa shape index (κ3) is 2.96. The van der Waals surface area contributed by atoms with Crippen molar-refractivity contribution in [3.05, 3.63) is 59.2 Å². The van der Waals surface area contributed by atoms with Crippen LogP contribution in [0.3, 0.4) is 0 Å². The van der Waals surface area contributed by atoms with Gasteiger partial charge in [-0.15, -0.1) is 0 Å². The van der Waals surface area contributed by atoms with E-state index in [-0.39, 0.29) is 11.8 Å². The van der Waals surface area contributed by atoms with Crippen molar-refractivity contribution in [1.29, 1.82) is 5.26 Å². The Kier molecular flexibility index (Phi) is 3.58. The van der Waals surface area contributed by atoms with Crippen molar-refractivity contribution in [2.24, 2.45) is 0 Å². The fraction of sp³-hybridized carbons (Fsp3) is 0.118. The molecule has 0 bridgehead atoms. The van der Waals surface area contributed by atoms with E-state index < -0.39 is 0 Å². The predicted molar refractivity (Wildman–Crippen MR) is 82.7 cm³/mol. The summed E-state index contributed by atoms with van der Waals surface area (Å²) in [6.07, 6.45) is 0.912. The molecule has 0 aromatic heterocycles. The minimum absolute atomic E-state index is 0.203. The van der Waals surface area contributed by atoms with Crippen LogP contribution in [0.2, 0.25) is 0 Å². The summed E-state index contributed by atoms with van der Waals surface area (Å²) in [6, 6.07) is 13.7. The largest absolute Gasteiger partial charge is 0.323 e. The van der Waals surface area contributed by atoms with Gasteiger partial charge < -0.3 is 10.6 Å². The van der Waals surface area contributed by atoms with Crippen LogP contribution in [0.25, 0.3) is 0 Å². The molecular weight excluding hydrogens is 278 g/mol. The fourth-order valence-corrected chi connectivity index (χ4v) is 2.45. The molecule has 5 nitrogen and oxygen atoms in total. The average molecular weight is 291 g/mol. The van der Waals surface area contributed by atoms with E-state index in [0.29, 0.717) is 29.8 Å². The Balaban J connectivity index is 1.66. The zero-order chi connectivity index (χ0) is 15.5. The number of nitriles is 1. The van der Waals surface area contributed by atoms with Gasteiger partial charge in [-0.05, 0) is 47.5 Å². The highest BCUT2D eigenvalue weighted by Crippen LogP contribution is 2.23. The van der Waals surface area contributed by atoms with E-state index in [1.807, 2.05) is 18.2 Å². The molecule has 0 atom stereocenters. The SMILES string of the molecule is N#Cc1ccc(NC(=O)Nc2ccc3c(c2)CC(=O)C3)cc1. The van der Waals surface area contributed by atoms with Crippen molar-refractivity contribution in [2.45, 2.75) is 12.8 Å². The lowest BCUT2D eigenvalue weighted by molar-refractivity contribution is -0.117. The van der Waals surface area contributed by atoms with Gasteiger partial charge in [-0.2, -0.15) is 5.26 Å². The third-order valence-electron chi connectivity index (χ3n) is 3.51. The molecule has 5 heteroatoms. The molecule has 22 heavy (non-hydrogen) atoms. The van der Waals surface area contributed by atoms with E-state index in [1.54, 1.807) is 30.3 Å². The Labute approximate surface area is 127 Å². The van der Waals surface area contributed by atoms with Gasteiger partial charge in [0.1, 0.15) is 5.78 Å². The number of Topliss-reactive ketones (excluding diaryl/α,β-unsaturated/α-hetero) is 1. The Bertz CT molecular complexity index is 789. The third-order valence-corrected chi connectivity index (χ3v) is 3.51. The molecular formula is C17H13N3O2. The number of nitrogens with zero attached hydrogens (tertiary/aromatic N) is 1. The Morgan fingerprint density at radius 2 is 1.59 bits per heavy atom. The van der Waals surface area contributed by atoms with Gasteiger partial charge in [0.2, 0.25) is 0 Å². The van der Waals surface area contributed by atoms with Gasteiger partial charge in [0.05, 0.1) is 11.6 Å². The van der Waals surface area contributed by atoms with Crippen molar-refractivity contribution in [2.75, 3.05) is 10.6 Å². The molecule has 0 saturated heterocycles. The van der Waals surface area contributed by atoms with Crippen molar-refractivity contribution in [3.8, 4) is 6.07 Å². The maximum absolute atomic E-state index is 11.9. The molecule has 2 aromatic carbocycles. The van der Waals surface area contributed by atoms with Crippen molar-refractivity contribution >= 4 is 23.2 Å². The number of nitrogens with one attached hydrogen (secondary N) is 2. The molecule has 2 aromatic rings. The summed E-state index contributed by atoms with van der Waals surface area (Å²) in [5.74, 6) is 0.203. The molecule has 0 spiro atoms. The molecule has 1 aliphatic rings. The monoisotopic (exact) mass is 291 g/mol. The first-order valence-corrected chi connectivity index (χ1v) is 6.86. The van der Waals surface area contributed by atoms with Crippen LogP contribution >= 0.6 is 0 Å². The van der Waals surface area contributed by atoms with E-state index in [9.17, 15) is 9.59 Å². The molecule has 0 aliphatic heterocycles. The van der Waals surface area contributed by atoms with Gasteiger partial charge in [-0.1, -0.05) is 6.07 Å². The molecule has 1 aliphatic carbocycles. The first kappa shape index (κ1) is 13.8. The van der Waals surface area contributed by atoms with Gasteiger partial charge in [0.15, 0.2) is 0 Å². The lowest BCUT2D eigenvalue weighted by atomic mass is 10.1. The zero-order valence-corrected chi connectivity index (χ0v) is 11.7. The van der Waals surface area contributed by atoms with Crippen molar-refractivity contribution in [1.82, 2.24) is 0 Å². The first-order chi connectivity index (χ1) is 10.6. The summed E-state index contributed by atoms with van der Waals surface area (Å²) in [7, 11) is 0. The number of ketones is 1. The molecule has 2 amide bonds. The molecule has 0 saturated carbocycles. The average Bonchev–Trinajstić information content (AvgIpc) is 2.87. The fourth-order valence-electron chi connectivity index (χ4n) is 2.45. The van der Waals surface area contributed by atoms with Crippen LogP contribution in [-0.2, 0) is 17.6 Å². The molecule has 0 unspecified atom stereocenters. The van der Waals surface area contributed by atoms with E-state index in [0.717, 1.165) is 11.1 Å². The molecule has 108 valence electrons. The first-order valence-electron chi connectivity index (χ1n) is 6.86. The van der Waals surface area contributed by atoms with Crippen LogP contribution in [0.4, 0.5) is 16.2 Å². The molecule has 3 rings (SSSR count). The number of hydrogen-bond acceptors (Lipinski definition) is 3. The predicted octanol–water partition coefficient (Wildman–Crippen LogP) is 2.87. The standard InChI is InChI=1S/C17H13N3O2/c18-10-11-1-4-14(5-2-11)19-17(22)20-15-6-3-12-8-16(21)9-13(12)7-15/h1-7H,8-9H2,(H2,19,20,22). The lowest BCUT2D eigenvalue weighted by Crippen LogP contribution is -2.19. The van der Waals surface area contributed by atoms with E-state index >= 15 is 0 Å². The smallest absolute Gasteiger partial charge is 0.308 e. The van der Waals surface area contributed by atoms with E-state index in [1.165, 1.54) is 0 Å². The highest BCUT2D eigenvalue weighted by Gasteiger charge is 2.18. The summed E-state index contributed by atoms with van der Waals surface area (Å²) >= 11 is 0. The maximum atomic E-state index is 11.9. The Morgan fingerprint density at radius 1 is 0.955 bits per heavy atom. The van der Waals surface area contributed by atoms with E-state index in [2.05, 4.69) is 10.6 Å². The number of carbonyl (C=O) groups excluding carboxylic acids is 2. The van der Waals surface area contributed by atoms with Crippen LogP contribution in [0.1, 0.15) is 16.7 Å². The van der Waals surface area contributed by atoms with Crippen molar-refractivity contribution in [3.63, 3.8) is 0 Å². The molecule has 0 heterocycles. The topological polar surface area (TPSA) is 82.0 Å². The summed E-state index contributed by atoms with van der Waals surface area (Å²) in [4.78, 5) is 23.4. The molecule has 2 N–H and O–H groups in total. The van der Waals surface area contributed by atoms with Gasteiger partial charge >= 0.3 is 6.03 Å². The number of urea groups is 1. The number of carbonyl (C=O) groups is 2. The highest BCUT2D eigenvalue weighted by molar-refractivity contribution is 6.00. The molecule has 0 fully saturated rings. The number of amides is 2. The van der Waals surface area contributed by atoms with Crippen LogP contribution in [-0.4, -0.2) is 11.8 Å². The minimum Gasteiger partial charge on any atom is -0.308 e. The quantitative estimate of drug-likeness (QED) is 0.892. The van der Waals surface area contributed by atoms with Gasteiger partial charge in [0.25, 0.3) is 0 Å². The number of fused-ring (bicyclic) bond motifs is 1. The van der Waals surface area contributed by atoms with Crippen LogP contribution in [0.5, 0.6) is 0 Å². The second-order valence-corrected chi connectivity index (χ2v) is 5.14. The summed E-state index contributed by atoms with van der Waals surface area (Å²) < 4.78 is 0. The van der Waals surface area contributed by atoms with Crippen LogP contribution in [0.15, 0.2) is 42.5 Å². The maximum Gasteiger partial charge on any atom is 0.323 e. The van der Waals surface area contributed by atoms with E-state index in [4.69, 9.17) is 5.26 Å². The second-order valence-electron chi connectivity index (χ2n) is 5.14. The van der Waals surface area contributed by atoms with Gasteiger partial charge in [0, 0.05) is 24.2 Å². The molecule has 0 radical (unpaired) electrons. The lowest BCUT2D eigenvalue weighted by Gasteiger charge is -2.09. The van der Waals surface area contributed by atoms with Crippen molar-refractivity contribution < 1.29 is 9.59 Å². The van der Waals surface area contributed by atoms with Gasteiger partial charge in [-0.25, -0.2) is 4.79 Å². The number of hydrogen-bond donors (Lipinski definition) is 2. The summed E-state index contributed by atoms with van der Waals surface area (Å²) in [5.41, 5.74) is 3.80.